The SMILES string of the molecule is CCC(C)C(=O)SCCOP(=O)(OCCSC(=O)Nc1ccccc1)C(F)(F)c1ccc2ccc(C(=O)Oc3c(F)c(F)c(F)c(F)c3F)cc2c1. The summed E-state index contributed by atoms with van der Waals surface area (Å²) in [6, 6.07) is 14.5. The van der Waals surface area contributed by atoms with Gasteiger partial charge in [-0.1, -0.05) is 73.8 Å². The van der Waals surface area contributed by atoms with Crippen LogP contribution in [0.25, 0.3) is 10.8 Å². The Morgan fingerprint density at radius 1 is 0.788 bits per heavy atom. The van der Waals surface area contributed by atoms with Crippen LogP contribution in [0.4, 0.5) is 41.2 Å². The zero-order valence-electron chi connectivity index (χ0n) is 27.2. The Hall–Kier alpha value is -3.89. The van der Waals surface area contributed by atoms with Crippen LogP contribution in [0.15, 0.2) is 66.7 Å². The first-order valence-electron chi connectivity index (χ1n) is 15.3. The van der Waals surface area contributed by atoms with Gasteiger partial charge in [0.05, 0.1) is 18.8 Å². The molecule has 2 unspecified atom stereocenters. The van der Waals surface area contributed by atoms with Crippen LogP contribution in [-0.4, -0.2) is 41.0 Å². The van der Waals surface area contributed by atoms with E-state index in [0.29, 0.717) is 23.9 Å². The first-order valence-corrected chi connectivity index (χ1v) is 18.8. The van der Waals surface area contributed by atoms with Crippen LogP contribution in [0.3, 0.4) is 0 Å². The number of carbonyl (C=O) groups is 3. The molecule has 0 aliphatic rings. The van der Waals surface area contributed by atoms with Gasteiger partial charge >= 0.3 is 19.2 Å². The number of rotatable bonds is 15. The minimum absolute atomic E-state index is 0.113. The monoisotopic (exact) mass is 791 g/mol. The summed E-state index contributed by atoms with van der Waals surface area (Å²) < 4.78 is 130. The highest BCUT2D eigenvalue weighted by molar-refractivity contribution is 8.14. The van der Waals surface area contributed by atoms with Crippen LogP contribution in [-0.2, 0) is 24.1 Å². The third-order valence-electron chi connectivity index (χ3n) is 7.33. The number of thioether (sulfide) groups is 2. The number of hydrogen-bond donors (Lipinski definition) is 1. The summed E-state index contributed by atoms with van der Waals surface area (Å²) in [5, 5.41) is 1.95. The smallest absolute Gasteiger partial charge is 0.404 e. The van der Waals surface area contributed by atoms with Gasteiger partial charge in [0.1, 0.15) is 0 Å². The maximum Gasteiger partial charge on any atom is 0.404 e. The summed E-state index contributed by atoms with van der Waals surface area (Å²) in [7, 11) is -5.42. The summed E-state index contributed by atoms with van der Waals surface area (Å²) in [6.07, 6.45) is 0.542. The van der Waals surface area contributed by atoms with Gasteiger partial charge < -0.3 is 19.1 Å². The lowest BCUT2D eigenvalue weighted by molar-refractivity contribution is -0.114. The third kappa shape index (κ3) is 9.55. The molecule has 0 heterocycles. The van der Waals surface area contributed by atoms with E-state index in [0.717, 1.165) is 36.0 Å². The van der Waals surface area contributed by atoms with E-state index < -0.39 is 83.6 Å². The van der Waals surface area contributed by atoms with E-state index in [1.807, 2.05) is 0 Å². The molecule has 0 aromatic heterocycles. The molecule has 2 atom stereocenters. The summed E-state index contributed by atoms with van der Waals surface area (Å²) >= 11 is 1.48. The number of halogens is 7. The van der Waals surface area contributed by atoms with Gasteiger partial charge in [-0.25, -0.2) is 18.0 Å². The van der Waals surface area contributed by atoms with Gasteiger partial charge in [0.25, 0.3) is 5.24 Å². The average Bonchev–Trinajstić information content (AvgIpc) is 3.14. The number of hydrogen-bond acceptors (Lipinski definition) is 9. The topological polar surface area (TPSA) is 108 Å². The zero-order valence-corrected chi connectivity index (χ0v) is 29.8. The number of esters is 1. The Morgan fingerprint density at radius 3 is 1.98 bits per heavy atom. The normalized spacial score (nSPS) is 13.4. The van der Waals surface area contributed by atoms with Crippen molar-refractivity contribution in [3.63, 3.8) is 0 Å². The van der Waals surface area contributed by atoms with E-state index in [-0.39, 0.29) is 33.3 Å². The van der Waals surface area contributed by atoms with Crippen LogP contribution in [0.5, 0.6) is 5.75 Å². The zero-order chi connectivity index (χ0) is 38.2. The number of fused-ring (bicyclic) bond motifs is 1. The quantitative estimate of drug-likeness (QED) is 0.0239. The minimum atomic E-state index is -5.42. The van der Waals surface area contributed by atoms with Crippen molar-refractivity contribution in [2.45, 2.75) is 25.9 Å². The molecule has 4 aromatic rings. The second-order valence-electron chi connectivity index (χ2n) is 10.9. The van der Waals surface area contributed by atoms with E-state index in [9.17, 15) is 40.9 Å². The fourth-order valence-corrected chi connectivity index (χ4v) is 7.45. The lowest BCUT2D eigenvalue weighted by Crippen LogP contribution is -2.20. The Kier molecular flexibility index (Phi) is 14.0. The number of amides is 1. The number of anilines is 1. The molecule has 52 heavy (non-hydrogen) atoms. The molecule has 4 aromatic carbocycles. The number of para-hydroxylation sites is 1. The molecule has 4 rings (SSSR count). The van der Waals surface area contributed by atoms with Crippen LogP contribution in [0.1, 0.15) is 36.2 Å². The van der Waals surface area contributed by atoms with Gasteiger partial charge in [-0.15, -0.1) is 0 Å². The fourth-order valence-electron chi connectivity index (χ4n) is 4.32. The Morgan fingerprint density at radius 2 is 1.37 bits per heavy atom. The maximum absolute atomic E-state index is 16.2. The standard InChI is InChI=1S/C34H29F7NO7PS2/c1-3-19(2)32(44)51-15-13-47-50(46,48-14-16-52-33(45)42-24-7-5-4-6-8-24)34(40,41)23-12-11-20-9-10-21(17-22(20)18-23)31(43)49-30-28(38)26(36)25(35)27(37)29(30)39/h4-12,17-19H,3,13-16H2,1-2H3,(H,42,45). The van der Waals surface area contributed by atoms with Crippen molar-refractivity contribution >= 4 is 63.9 Å². The number of alkyl halides is 2. The first-order chi connectivity index (χ1) is 24.6. The molecule has 0 saturated heterocycles. The number of benzene rings is 4. The molecular weight excluding hydrogens is 762 g/mol. The van der Waals surface area contributed by atoms with Gasteiger partial charge in [0, 0.05) is 28.7 Å². The van der Waals surface area contributed by atoms with Crippen LogP contribution >= 0.6 is 31.1 Å². The van der Waals surface area contributed by atoms with Crippen LogP contribution < -0.4 is 10.1 Å². The largest absolute Gasteiger partial charge is 0.416 e. The summed E-state index contributed by atoms with van der Waals surface area (Å²) in [6.45, 7) is 2.28. The first kappa shape index (κ1) is 40.9. The van der Waals surface area contributed by atoms with Crippen molar-refractivity contribution in [2.75, 3.05) is 30.0 Å². The summed E-state index contributed by atoms with van der Waals surface area (Å²) in [5.41, 5.74) is -5.31. The van der Waals surface area contributed by atoms with Crippen molar-refractivity contribution in [3.8, 4) is 5.75 Å². The summed E-state index contributed by atoms with van der Waals surface area (Å²) in [4.78, 5) is 37.2. The van der Waals surface area contributed by atoms with Gasteiger partial charge in [0.15, 0.2) is 5.12 Å². The van der Waals surface area contributed by atoms with Crippen LogP contribution in [0, 0.1) is 35.0 Å². The Labute approximate surface area is 301 Å². The number of ether oxygens (including phenoxy) is 1. The number of nitrogens with one attached hydrogen (secondary N) is 1. The van der Waals surface area contributed by atoms with E-state index in [4.69, 9.17) is 9.05 Å². The molecule has 0 spiro atoms. The number of carbonyl (C=O) groups excluding carboxylic acids is 3. The molecule has 8 nitrogen and oxygen atoms in total. The Bertz CT molecular complexity index is 1980. The highest BCUT2D eigenvalue weighted by atomic mass is 32.2. The van der Waals surface area contributed by atoms with Gasteiger partial charge in [-0.3, -0.25) is 14.2 Å². The molecule has 278 valence electrons. The van der Waals surface area contributed by atoms with Gasteiger partial charge in [0.2, 0.25) is 34.8 Å². The molecule has 1 amide bonds. The lowest BCUT2D eigenvalue weighted by Gasteiger charge is -2.27. The average molecular weight is 792 g/mol. The second-order valence-corrected chi connectivity index (χ2v) is 15.1. The van der Waals surface area contributed by atoms with Crippen LogP contribution in [0.2, 0.25) is 0 Å². The van der Waals surface area contributed by atoms with Crippen molar-refractivity contribution in [3.05, 3.63) is 107 Å². The molecule has 0 aliphatic carbocycles. The van der Waals surface area contributed by atoms with Crippen molar-refractivity contribution < 1.29 is 63.5 Å². The maximum atomic E-state index is 16.2. The van der Waals surface area contributed by atoms with E-state index >= 15 is 8.78 Å². The van der Waals surface area contributed by atoms with Gasteiger partial charge in [-0.05, 0) is 47.5 Å². The van der Waals surface area contributed by atoms with Crippen molar-refractivity contribution in [2.24, 2.45) is 5.92 Å². The van der Waals surface area contributed by atoms with Crippen molar-refractivity contribution in [1.29, 1.82) is 0 Å². The molecular formula is C34H29F7NO7PS2. The molecule has 0 saturated carbocycles. The predicted octanol–water partition coefficient (Wildman–Crippen LogP) is 10.3. The fraction of sp³-hybridized carbons (Fsp3) is 0.265. The molecule has 0 bridgehead atoms. The second kappa shape index (κ2) is 17.8. The summed E-state index contributed by atoms with van der Waals surface area (Å²) in [5.74, 6) is -16.1. The van der Waals surface area contributed by atoms with Gasteiger partial charge in [-0.2, -0.15) is 17.6 Å². The minimum Gasteiger partial charge on any atom is -0.416 e. The lowest BCUT2D eigenvalue weighted by atomic mass is 10.0. The van der Waals surface area contributed by atoms with E-state index in [1.165, 1.54) is 12.1 Å². The Balaban J connectivity index is 1.56. The molecule has 1 N–H and O–H groups in total. The molecule has 0 fully saturated rings. The predicted molar refractivity (Wildman–Crippen MR) is 183 cm³/mol. The highest BCUT2D eigenvalue weighted by Gasteiger charge is 2.55. The van der Waals surface area contributed by atoms with E-state index in [2.05, 4.69) is 10.1 Å². The molecule has 0 radical (unpaired) electrons. The third-order valence-corrected chi connectivity index (χ3v) is 11.1. The molecule has 18 heteroatoms. The van der Waals surface area contributed by atoms with Crippen molar-refractivity contribution in [1.82, 2.24) is 0 Å². The molecule has 0 aliphatic heterocycles. The van der Waals surface area contributed by atoms with E-state index in [1.54, 1.807) is 44.2 Å². The highest BCUT2D eigenvalue weighted by Crippen LogP contribution is 2.67.